The van der Waals surface area contributed by atoms with Crippen LogP contribution in [0.5, 0.6) is 11.5 Å². The number of carbonyl (C=O) groups excluding carboxylic acids is 3. The molecule has 2 heterocycles. The summed E-state index contributed by atoms with van der Waals surface area (Å²) in [6, 6.07) is 4.88. The molecular weight excluding hydrogens is 408 g/mol. The molecule has 1 aliphatic rings. The number of hydrogen-bond acceptors (Lipinski definition) is 7. The number of aromatic nitrogens is 1. The van der Waals surface area contributed by atoms with Crippen LogP contribution < -0.4 is 14.8 Å². The third-order valence-electron chi connectivity index (χ3n) is 4.83. The Morgan fingerprint density at radius 1 is 1.07 bits per heavy atom. The zero-order chi connectivity index (χ0) is 21.7. The molecule has 1 fully saturated rings. The van der Waals surface area contributed by atoms with Gasteiger partial charge in [0.05, 0.1) is 26.3 Å². The van der Waals surface area contributed by atoms with Gasteiger partial charge in [-0.05, 0) is 18.2 Å². The molecule has 0 saturated carbocycles. The molecule has 0 aliphatic carbocycles. The third-order valence-corrected chi connectivity index (χ3v) is 5.63. The summed E-state index contributed by atoms with van der Waals surface area (Å²) >= 11 is 1.26. The molecule has 0 unspecified atom stereocenters. The monoisotopic (exact) mass is 432 g/mol. The lowest BCUT2D eigenvalue weighted by Gasteiger charge is -2.34. The van der Waals surface area contributed by atoms with Crippen molar-refractivity contribution >= 4 is 34.2 Å². The fourth-order valence-electron chi connectivity index (χ4n) is 3.13. The van der Waals surface area contributed by atoms with E-state index in [0.29, 0.717) is 54.1 Å². The van der Waals surface area contributed by atoms with E-state index in [1.54, 1.807) is 33.4 Å². The van der Waals surface area contributed by atoms with Crippen molar-refractivity contribution in [3.05, 3.63) is 34.8 Å². The smallest absolute Gasteiger partial charge is 0.257 e. The molecule has 3 amide bonds. The lowest BCUT2D eigenvalue weighted by atomic mass is 10.2. The quantitative estimate of drug-likeness (QED) is 0.745. The van der Waals surface area contributed by atoms with E-state index in [9.17, 15) is 14.4 Å². The number of rotatable bonds is 6. The largest absolute Gasteiger partial charge is 0.493 e. The van der Waals surface area contributed by atoms with Crippen LogP contribution in [0.25, 0.3) is 0 Å². The second-order valence-corrected chi connectivity index (χ2v) is 7.59. The number of anilines is 1. The van der Waals surface area contributed by atoms with Gasteiger partial charge in [-0.25, -0.2) is 4.98 Å². The Morgan fingerprint density at radius 3 is 2.37 bits per heavy atom. The number of thiazole rings is 1. The van der Waals surface area contributed by atoms with Gasteiger partial charge in [-0.2, -0.15) is 0 Å². The summed E-state index contributed by atoms with van der Waals surface area (Å²) in [4.78, 5) is 44.2. The van der Waals surface area contributed by atoms with E-state index < -0.39 is 0 Å². The van der Waals surface area contributed by atoms with Gasteiger partial charge in [0.1, 0.15) is 0 Å². The van der Waals surface area contributed by atoms with Crippen molar-refractivity contribution in [1.29, 1.82) is 0 Å². The number of nitrogens with zero attached hydrogens (tertiary/aromatic N) is 3. The van der Waals surface area contributed by atoms with Gasteiger partial charge in [-0.15, -0.1) is 11.3 Å². The summed E-state index contributed by atoms with van der Waals surface area (Å²) in [6.45, 7) is 3.66. The number of amides is 3. The molecule has 160 valence electrons. The number of nitrogens with one attached hydrogen (secondary N) is 1. The second kappa shape index (κ2) is 9.57. The Bertz CT molecular complexity index is 937. The van der Waals surface area contributed by atoms with Crippen molar-refractivity contribution in [2.45, 2.75) is 13.3 Å². The Hall–Kier alpha value is -3.14. The van der Waals surface area contributed by atoms with Gasteiger partial charge in [0.15, 0.2) is 16.6 Å². The highest BCUT2D eigenvalue weighted by molar-refractivity contribution is 7.14. The highest BCUT2D eigenvalue weighted by Crippen LogP contribution is 2.28. The molecule has 0 spiro atoms. The zero-order valence-electron chi connectivity index (χ0n) is 17.1. The minimum absolute atomic E-state index is 0.0245. The van der Waals surface area contributed by atoms with Crippen LogP contribution in [0.4, 0.5) is 5.13 Å². The van der Waals surface area contributed by atoms with E-state index in [1.807, 2.05) is 0 Å². The zero-order valence-corrected chi connectivity index (χ0v) is 18.0. The maximum Gasteiger partial charge on any atom is 0.257 e. The van der Waals surface area contributed by atoms with Crippen molar-refractivity contribution < 1.29 is 23.9 Å². The maximum atomic E-state index is 12.5. The SMILES string of the molecule is COc1ccc(C(=O)Nc2nc(CC(=O)N3CCN(C(C)=O)CC3)cs2)cc1OC. The lowest BCUT2D eigenvalue weighted by Crippen LogP contribution is -2.50. The fraction of sp³-hybridized carbons (Fsp3) is 0.400. The van der Waals surface area contributed by atoms with Crippen LogP contribution in [0.3, 0.4) is 0 Å². The molecule has 0 atom stereocenters. The minimum atomic E-state index is -0.330. The minimum Gasteiger partial charge on any atom is -0.493 e. The van der Waals surface area contributed by atoms with Crippen LogP contribution in [0.1, 0.15) is 23.0 Å². The highest BCUT2D eigenvalue weighted by atomic mass is 32.1. The molecule has 1 saturated heterocycles. The highest BCUT2D eigenvalue weighted by Gasteiger charge is 2.23. The van der Waals surface area contributed by atoms with Crippen LogP contribution in [0, 0.1) is 0 Å². The molecule has 1 N–H and O–H groups in total. The molecule has 3 rings (SSSR count). The molecule has 1 aliphatic heterocycles. The molecule has 1 aromatic carbocycles. The van der Waals surface area contributed by atoms with E-state index in [-0.39, 0.29) is 24.1 Å². The van der Waals surface area contributed by atoms with Gasteiger partial charge in [-0.3, -0.25) is 19.7 Å². The Labute approximate surface area is 178 Å². The fourth-order valence-corrected chi connectivity index (χ4v) is 3.84. The van der Waals surface area contributed by atoms with Crippen molar-refractivity contribution in [1.82, 2.24) is 14.8 Å². The first-order chi connectivity index (χ1) is 14.4. The number of piperazine rings is 1. The van der Waals surface area contributed by atoms with E-state index in [0.717, 1.165) is 0 Å². The van der Waals surface area contributed by atoms with Crippen molar-refractivity contribution in [3.63, 3.8) is 0 Å². The molecule has 30 heavy (non-hydrogen) atoms. The van der Waals surface area contributed by atoms with Gasteiger partial charge in [0.2, 0.25) is 11.8 Å². The van der Waals surface area contributed by atoms with Crippen LogP contribution in [0.2, 0.25) is 0 Å². The van der Waals surface area contributed by atoms with Crippen LogP contribution >= 0.6 is 11.3 Å². The number of hydrogen-bond donors (Lipinski definition) is 1. The maximum absolute atomic E-state index is 12.5. The first-order valence-corrected chi connectivity index (χ1v) is 10.3. The average molecular weight is 433 g/mol. The van der Waals surface area contributed by atoms with Crippen LogP contribution in [-0.2, 0) is 16.0 Å². The number of ether oxygens (including phenoxy) is 2. The molecule has 2 aromatic rings. The van der Waals surface area contributed by atoms with Gasteiger partial charge in [0, 0.05) is 44.0 Å². The summed E-state index contributed by atoms with van der Waals surface area (Å²) in [5.74, 6) is 0.648. The van der Waals surface area contributed by atoms with Crippen LogP contribution in [-0.4, -0.2) is 72.9 Å². The molecule has 0 bridgehead atoms. The normalized spacial score (nSPS) is 13.7. The standard InChI is InChI=1S/C20H24N4O5S/c1-13(25)23-6-8-24(9-7-23)18(26)11-15-12-30-20(21-15)22-19(27)14-4-5-16(28-2)17(10-14)29-3/h4-5,10,12H,6-9,11H2,1-3H3,(H,21,22,27). The van der Waals surface area contributed by atoms with E-state index in [4.69, 9.17) is 9.47 Å². The summed E-state index contributed by atoms with van der Waals surface area (Å²) in [6.07, 6.45) is 0.156. The molecule has 10 heteroatoms. The molecule has 1 aromatic heterocycles. The third kappa shape index (κ3) is 5.07. The summed E-state index contributed by atoms with van der Waals surface area (Å²) in [5.41, 5.74) is 1.01. The summed E-state index contributed by atoms with van der Waals surface area (Å²) < 4.78 is 10.4. The average Bonchev–Trinajstić information content (AvgIpc) is 3.19. The predicted octanol–water partition coefficient (Wildman–Crippen LogP) is 1.65. The molecule has 9 nitrogen and oxygen atoms in total. The van der Waals surface area contributed by atoms with Crippen LogP contribution in [0.15, 0.2) is 23.6 Å². The van der Waals surface area contributed by atoms with Crippen molar-refractivity contribution in [2.24, 2.45) is 0 Å². The number of carbonyl (C=O) groups is 3. The topological polar surface area (TPSA) is 101 Å². The first-order valence-electron chi connectivity index (χ1n) is 9.42. The van der Waals surface area contributed by atoms with Crippen molar-refractivity contribution in [3.8, 4) is 11.5 Å². The van der Waals surface area contributed by atoms with Gasteiger partial charge in [0.25, 0.3) is 5.91 Å². The molecular formula is C20H24N4O5S. The summed E-state index contributed by atoms with van der Waals surface area (Å²) in [5, 5.41) is 4.92. The predicted molar refractivity (Wildman–Crippen MR) is 112 cm³/mol. The van der Waals surface area contributed by atoms with Gasteiger partial charge in [-0.1, -0.05) is 0 Å². The lowest BCUT2D eigenvalue weighted by molar-refractivity contribution is -0.138. The van der Waals surface area contributed by atoms with Gasteiger partial charge >= 0.3 is 0 Å². The second-order valence-electron chi connectivity index (χ2n) is 6.73. The van der Waals surface area contributed by atoms with E-state index in [2.05, 4.69) is 10.3 Å². The summed E-state index contributed by atoms with van der Waals surface area (Å²) in [7, 11) is 3.03. The Morgan fingerprint density at radius 2 is 1.73 bits per heavy atom. The Balaban J connectivity index is 1.57. The molecule has 0 radical (unpaired) electrons. The number of methoxy groups -OCH3 is 2. The van der Waals surface area contributed by atoms with E-state index in [1.165, 1.54) is 32.5 Å². The van der Waals surface area contributed by atoms with Crippen molar-refractivity contribution in [2.75, 3.05) is 45.7 Å². The van der Waals surface area contributed by atoms with Gasteiger partial charge < -0.3 is 19.3 Å². The first kappa shape index (κ1) is 21.6. The Kier molecular flexibility index (Phi) is 6.88. The van der Waals surface area contributed by atoms with E-state index >= 15 is 0 Å². The number of benzene rings is 1.